The maximum absolute atomic E-state index is 14.6. The Morgan fingerprint density at radius 1 is 1.22 bits per heavy atom. The van der Waals surface area contributed by atoms with Gasteiger partial charge in [-0.2, -0.15) is 4.31 Å². The minimum Gasteiger partial charge on any atom is -0.336 e. The zero-order chi connectivity index (χ0) is 22.9. The molecule has 3 aliphatic heterocycles. The number of hydrazine groups is 1. The average molecular weight is 468 g/mol. The molecule has 0 aliphatic carbocycles. The zero-order valence-electron chi connectivity index (χ0n) is 18.1. The van der Waals surface area contributed by atoms with Gasteiger partial charge in [-0.15, -0.1) is 0 Å². The number of hydrogen-bond donors (Lipinski definition) is 3. The van der Waals surface area contributed by atoms with Crippen LogP contribution in [0.25, 0.3) is 0 Å². The number of carbonyl (C=O) groups is 2. The van der Waals surface area contributed by atoms with E-state index in [1.165, 1.54) is 15.3 Å². The second kappa shape index (κ2) is 9.42. The Morgan fingerprint density at radius 3 is 2.69 bits per heavy atom. The minimum absolute atomic E-state index is 0.0118. The fraction of sp³-hybridized carbons (Fsp3) is 0.619. The van der Waals surface area contributed by atoms with Crippen molar-refractivity contribution in [3.63, 3.8) is 0 Å². The fourth-order valence-corrected chi connectivity index (χ4v) is 5.88. The zero-order valence-corrected chi connectivity index (χ0v) is 19.0. The molecule has 2 amide bonds. The number of piperidine rings is 1. The van der Waals surface area contributed by atoms with Crippen LogP contribution in [0, 0.1) is 11.7 Å². The molecule has 3 N–H and O–H groups in total. The standard InChI is InChI=1S/C21H30FN5O4S/c1-2-32(30,31)27-10-8-26(9-11-27)21(29)16-12-14(5-6-17(16)22)13-18-19-15(4-3-7-23-19)20(28)25-24-18/h5-6,12,15,18-19,23-24H,2-4,7-11,13H2,1H3,(H,25,28). The maximum Gasteiger partial charge on any atom is 0.256 e. The van der Waals surface area contributed by atoms with Gasteiger partial charge in [0.25, 0.3) is 5.91 Å². The summed E-state index contributed by atoms with van der Waals surface area (Å²) in [5.74, 6) is -1.13. The normalized spacial score (nSPS) is 27.0. The molecule has 0 radical (unpaired) electrons. The van der Waals surface area contributed by atoms with E-state index < -0.39 is 21.7 Å². The van der Waals surface area contributed by atoms with Crippen LogP contribution in [0.1, 0.15) is 35.7 Å². The summed E-state index contributed by atoms with van der Waals surface area (Å²) in [5, 5.41) is 3.42. The number of hydrogen-bond acceptors (Lipinski definition) is 6. The molecule has 1 aromatic carbocycles. The second-order valence-corrected chi connectivity index (χ2v) is 10.8. The summed E-state index contributed by atoms with van der Waals surface area (Å²) in [6, 6.07) is 4.44. The molecule has 3 aliphatic rings. The van der Waals surface area contributed by atoms with Crippen molar-refractivity contribution in [2.24, 2.45) is 5.92 Å². The predicted molar refractivity (Wildman–Crippen MR) is 117 cm³/mol. The quantitative estimate of drug-likeness (QED) is 0.555. The van der Waals surface area contributed by atoms with Crippen LogP contribution in [-0.2, 0) is 21.2 Å². The summed E-state index contributed by atoms with van der Waals surface area (Å²) in [6.45, 7) is 3.31. The summed E-state index contributed by atoms with van der Waals surface area (Å²) in [5.41, 5.74) is 6.58. The van der Waals surface area contributed by atoms with Crippen LogP contribution < -0.4 is 16.2 Å². The van der Waals surface area contributed by atoms with Gasteiger partial charge in [0.15, 0.2) is 0 Å². The van der Waals surface area contributed by atoms with Gasteiger partial charge in [-0.05, 0) is 50.4 Å². The number of piperazine rings is 1. The molecule has 0 bridgehead atoms. The third-order valence-electron chi connectivity index (χ3n) is 6.66. The van der Waals surface area contributed by atoms with Crippen molar-refractivity contribution in [2.75, 3.05) is 38.5 Å². The van der Waals surface area contributed by atoms with Gasteiger partial charge in [0.2, 0.25) is 15.9 Å². The summed E-state index contributed by atoms with van der Waals surface area (Å²) in [7, 11) is -3.30. The van der Waals surface area contributed by atoms with E-state index >= 15 is 0 Å². The van der Waals surface area contributed by atoms with Crippen LogP contribution in [-0.4, -0.2) is 80.0 Å². The summed E-state index contributed by atoms with van der Waals surface area (Å²) < 4.78 is 40.0. The Kier molecular flexibility index (Phi) is 6.80. The van der Waals surface area contributed by atoms with Gasteiger partial charge >= 0.3 is 0 Å². The smallest absolute Gasteiger partial charge is 0.256 e. The Bertz CT molecular complexity index is 980. The number of nitrogens with zero attached hydrogens (tertiary/aromatic N) is 2. The van der Waals surface area contributed by atoms with E-state index in [4.69, 9.17) is 0 Å². The lowest BCUT2D eigenvalue weighted by Crippen LogP contribution is -2.67. The highest BCUT2D eigenvalue weighted by Crippen LogP contribution is 2.24. The molecule has 3 fully saturated rings. The largest absolute Gasteiger partial charge is 0.336 e. The first-order valence-electron chi connectivity index (χ1n) is 11.1. The summed E-state index contributed by atoms with van der Waals surface area (Å²) in [6.07, 6.45) is 2.30. The van der Waals surface area contributed by atoms with E-state index in [1.54, 1.807) is 19.1 Å². The number of nitrogens with one attached hydrogen (secondary N) is 3. The van der Waals surface area contributed by atoms with Crippen molar-refractivity contribution in [2.45, 2.75) is 38.3 Å². The first-order valence-corrected chi connectivity index (χ1v) is 12.8. The number of benzene rings is 1. The molecule has 0 spiro atoms. The first-order chi connectivity index (χ1) is 15.3. The molecule has 4 rings (SSSR count). The monoisotopic (exact) mass is 467 g/mol. The van der Waals surface area contributed by atoms with Crippen molar-refractivity contribution < 1.29 is 22.4 Å². The molecule has 176 valence electrons. The highest BCUT2D eigenvalue weighted by atomic mass is 32.2. The van der Waals surface area contributed by atoms with Crippen LogP contribution in [0.2, 0.25) is 0 Å². The molecule has 1 aromatic rings. The highest BCUT2D eigenvalue weighted by molar-refractivity contribution is 7.89. The fourth-order valence-electron chi connectivity index (χ4n) is 4.79. The average Bonchev–Trinajstić information content (AvgIpc) is 2.82. The van der Waals surface area contributed by atoms with Crippen LogP contribution in [0.5, 0.6) is 0 Å². The van der Waals surface area contributed by atoms with Crippen molar-refractivity contribution >= 4 is 21.8 Å². The number of fused-ring (bicyclic) bond motifs is 1. The molecule has 3 saturated heterocycles. The molecule has 3 unspecified atom stereocenters. The minimum atomic E-state index is -3.30. The van der Waals surface area contributed by atoms with Crippen molar-refractivity contribution in [1.29, 1.82) is 0 Å². The predicted octanol–water partition coefficient (Wildman–Crippen LogP) is -0.153. The number of sulfonamides is 1. The Morgan fingerprint density at radius 2 is 1.97 bits per heavy atom. The van der Waals surface area contributed by atoms with Crippen LogP contribution in [0.4, 0.5) is 4.39 Å². The van der Waals surface area contributed by atoms with Gasteiger partial charge in [0, 0.05) is 38.3 Å². The molecule has 0 saturated carbocycles. The Balaban J connectivity index is 1.45. The number of amides is 2. The number of rotatable bonds is 5. The van der Waals surface area contributed by atoms with Gasteiger partial charge in [-0.1, -0.05) is 6.07 Å². The van der Waals surface area contributed by atoms with E-state index in [9.17, 15) is 22.4 Å². The SMILES string of the molecule is CCS(=O)(=O)N1CCN(C(=O)c2cc(CC3NNC(=O)C4CCCNC34)ccc2F)CC1. The van der Waals surface area contributed by atoms with Crippen LogP contribution in [0.3, 0.4) is 0 Å². The molecule has 11 heteroatoms. The van der Waals surface area contributed by atoms with E-state index in [-0.39, 0.29) is 61.4 Å². The molecule has 3 heterocycles. The second-order valence-electron chi connectivity index (χ2n) is 8.58. The number of halogens is 1. The Hall–Kier alpha value is -2.08. The molecule has 3 atom stereocenters. The Labute approximate surface area is 187 Å². The molecular formula is C21H30FN5O4S. The maximum atomic E-state index is 14.6. The first kappa shape index (κ1) is 23.1. The van der Waals surface area contributed by atoms with Gasteiger partial charge in [0.05, 0.1) is 17.2 Å². The van der Waals surface area contributed by atoms with Crippen molar-refractivity contribution in [3.05, 3.63) is 35.1 Å². The third-order valence-corrected chi connectivity index (χ3v) is 8.54. The molecule has 0 aromatic heterocycles. The lowest BCUT2D eigenvalue weighted by atomic mass is 9.82. The van der Waals surface area contributed by atoms with E-state index in [1.807, 2.05) is 0 Å². The highest BCUT2D eigenvalue weighted by Gasteiger charge is 2.40. The van der Waals surface area contributed by atoms with Gasteiger partial charge in [-0.3, -0.25) is 15.0 Å². The number of carbonyl (C=O) groups excluding carboxylic acids is 2. The van der Waals surface area contributed by atoms with Crippen LogP contribution in [0.15, 0.2) is 18.2 Å². The summed E-state index contributed by atoms with van der Waals surface area (Å²) in [4.78, 5) is 26.6. The third kappa shape index (κ3) is 4.66. The van der Waals surface area contributed by atoms with Crippen LogP contribution >= 0.6 is 0 Å². The van der Waals surface area contributed by atoms with Crippen molar-refractivity contribution in [3.8, 4) is 0 Å². The van der Waals surface area contributed by atoms with E-state index in [2.05, 4.69) is 16.2 Å². The molecular weight excluding hydrogens is 437 g/mol. The molecule has 9 nitrogen and oxygen atoms in total. The van der Waals surface area contributed by atoms with Gasteiger partial charge < -0.3 is 10.2 Å². The van der Waals surface area contributed by atoms with Gasteiger partial charge in [0.1, 0.15) is 5.82 Å². The van der Waals surface area contributed by atoms with Gasteiger partial charge in [-0.25, -0.2) is 18.2 Å². The van der Waals surface area contributed by atoms with Crippen molar-refractivity contribution in [1.82, 2.24) is 25.4 Å². The van der Waals surface area contributed by atoms with E-state index in [0.717, 1.165) is 24.9 Å². The molecule has 32 heavy (non-hydrogen) atoms. The summed E-state index contributed by atoms with van der Waals surface area (Å²) >= 11 is 0. The topological polar surface area (TPSA) is 111 Å². The van der Waals surface area contributed by atoms with E-state index in [0.29, 0.717) is 6.42 Å². The lowest BCUT2D eigenvalue weighted by Gasteiger charge is -2.41. The lowest BCUT2D eigenvalue weighted by molar-refractivity contribution is -0.131.